The minimum atomic E-state index is -0.750. The van der Waals surface area contributed by atoms with E-state index in [-0.39, 0.29) is 104 Å². The van der Waals surface area contributed by atoms with Gasteiger partial charge in [-0.25, -0.2) is 44.7 Å². The summed E-state index contributed by atoms with van der Waals surface area (Å²) in [6.07, 6.45) is 7.93. The van der Waals surface area contributed by atoms with Crippen molar-refractivity contribution in [1.82, 2.24) is 55.5 Å². The number of carbonyl (C=O) groups is 1. The lowest BCUT2D eigenvalue weighted by Crippen LogP contribution is -2.43. The molecule has 1 amide bonds. The van der Waals surface area contributed by atoms with Crippen LogP contribution in [0.5, 0.6) is 0 Å². The highest BCUT2D eigenvalue weighted by Crippen LogP contribution is 2.45. The van der Waals surface area contributed by atoms with Crippen molar-refractivity contribution in [2.75, 3.05) is 66.6 Å². The van der Waals surface area contributed by atoms with E-state index in [0.717, 1.165) is 134 Å². The molecule has 1 aliphatic heterocycles. The summed E-state index contributed by atoms with van der Waals surface area (Å²) < 4.78 is 64.4. The van der Waals surface area contributed by atoms with Crippen molar-refractivity contribution < 1.29 is 85.5 Å². The summed E-state index contributed by atoms with van der Waals surface area (Å²) in [6.45, 7) is 34.9. The molecule has 7 aliphatic carbocycles. The molecule has 1 aromatic carbocycles. The Balaban J connectivity index is 0.000000231. The van der Waals surface area contributed by atoms with Crippen molar-refractivity contribution in [1.29, 1.82) is 0 Å². The Morgan fingerprint density at radius 1 is 0.484 bits per heavy atom. The molecule has 6 heterocycles. The maximum atomic E-state index is 11.6. The van der Waals surface area contributed by atoms with Gasteiger partial charge in [-0.3, -0.25) is 0 Å². The van der Waals surface area contributed by atoms with Gasteiger partial charge in [0.05, 0.1) is 122 Å². The number of thiazole rings is 1. The molecule has 0 bridgehead atoms. The number of likely N-dealkylation sites (N-methyl/N-ethyl adjacent to an activating group) is 1. The Morgan fingerprint density at radius 2 is 0.839 bits per heavy atom. The van der Waals surface area contributed by atoms with Gasteiger partial charge in [0.1, 0.15) is 51.4 Å². The van der Waals surface area contributed by atoms with Crippen molar-refractivity contribution in [2.45, 2.75) is 266 Å². The van der Waals surface area contributed by atoms with Gasteiger partial charge in [-0.2, -0.15) is 30.2 Å². The fraction of sp³-hybridized carbons (Fsp3) is 0.711. The first-order valence-corrected chi connectivity index (χ1v) is 48.2. The summed E-state index contributed by atoms with van der Waals surface area (Å²) in [5, 5.41) is 112. The second-order valence-electron chi connectivity index (χ2n) is 34.4. The third-order valence-corrected chi connectivity index (χ3v) is 29.7. The number of nitrogens with one attached hydrogen (secondary N) is 7. The van der Waals surface area contributed by atoms with E-state index in [4.69, 9.17) is 59.9 Å². The number of aliphatic hydroxyl groups is 9. The summed E-state index contributed by atoms with van der Waals surface area (Å²) >= 11 is 6.12. The van der Waals surface area contributed by atoms with E-state index >= 15 is 0 Å². The van der Waals surface area contributed by atoms with Crippen molar-refractivity contribution in [2.24, 2.45) is 71.0 Å². The van der Waals surface area contributed by atoms with Crippen LogP contribution in [0.3, 0.4) is 0 Å². The van der Waals surface area contributed by atoms with Gasteiger partial charge >= 0.3 is 40.8 Å². The lowest BCUT2D eigenvalue weighted by atomic mass is 9.95. The van der Waals surface area contributed by atoms with E-state index in [1.807, 2.05) is 94.5 Å². The fourth-order valence-corrected chi connectivity index (χ4v) is 19.4. The first-order chi connectivity index (χ1) is 58.7. The monoisotopic (exact) mass is 2150 g/mol. The number of anilines is 5. The lowest BCUT2D eigenvalue weighted by Gasteiger charge is -2.23. The van der Waals surface area contributed by atoms with Crippen LogP contribution in [0.1, 0.15) is 174 Å². The van der Waals surface area contributed by atoms with E-state index in [0.29, 0.717) is 78.4 Å². The second-order valence-corrected chi connectivity index (χ2v) is 39.1. The number of ether oxygens (including phenoxy) is 2. The molecule has 41 heteroatoms. The summed E-state index contributed by atoms with van der Waals surface area (Å²) in [5.41, 5.74) is 5.06. The predicted octanol–water partition coefficient (Wildman–Crippen LogP) is 9.20. The van der Waals surface area contributed by atoms with E-state index < -0.39 is 64.7 Å². The zero-order valence-electron chi connectivity index (χ0n) is 73.8. The number of amides is 1. The zero-order chi connectivity index (χ0) is 92.5. The SMILES string of the molecule is CCC1CC(Nc2nc(C)nc(C)c2I)[C@H](O)[C@H]1C.CCC1CC(Nc2nc(C)nc(C)c2I)[C@H](O)[C@H]1C.CNC1CC(CO)[C@H]2OC12.C[C@H]1C(CO)CC(NC(=O)OC(C)(C)C)[C@@H]1O.Cc1nc(C)c(I)c(NC2CC(CO)[C@H](C)[C@H]2O)n1.Cc1nc(NCC2CC2)nc(N[C@@H]2C[C@H](CO)[C@H](C)[C@H]2O)c1-c1nc2ccccc2s1.O=S=O.O=S=O.O=S=O. The number of rotatable bonds is 20. The van der Waals surface area contributed by atoms with Gasteiger partial charge in [-0.05, 0) is 273 Å². The average molecular weight is 2150 g/mol. The molecule has 11 unspecified atom stereocenters. The number of halogens is 3. The van der Waals surface area contributed by atoms with E-state index in [1.54, 1.807) is 32.1 Å². The standard InChI is InChI=1S/C23H29N5O2S.2C14H22IN3O.C13H20IN3O2.C12H23NO4.C7H13NO2.3O2S/c1-12-15(11-29)9-17(20(12)30)26-21-19(22-27-16-5-3-4-6-18(16)31-22)13(2)25-23(28-21)24-10-14-7-8-14;2*1-5-10-6-11(13(19)7(10)2)18-14-12(15)8(3)16-9(4)17-14;1-6-9(5-18)4-10(12(6)19)17-13-11(14)7(2)15-8(3)16-13;1-7-8(6-14)5-9(10(7)15)13-11(16)17-12(2,3)4;1-8-5-2-4(3-9)6-7(5)10-6;3*1-3-2/h3-6,12,14-15,17,20,29-30H,7-11H2,1-2H3,(H2,24,25,26,28);2*7,10-11,13,19H,5-6H2,1-4H3,(H,16,17,18);6,9-10,12,18-19H,4-5H2,1-3H3,(H,15,16,17);7-10,14-15H,5-6H2,1-4H3,(H,13,16);4-9H,2-3H2,1H3;;;/t12-,15+,17+,20+;2*7-,10?,11?,13+;6-,9?,10?,12+;7-,8?,9?,10+;4?,5?,6-,7?;;;/m000001.../s1. The van der Waals surface area contributed by atoms with Gasteiger partial charge in [0.15, 0.2) is 0 Å². The van der Waals surface area contributed by atoms with Crippen molar-refractivity contribution in [3.05, 3.63) is 75.2 Å². The summed E-state index contributed by atoms with van der Waals surface area (Å²) in [5.74, 6) is 9.43. The quantitative estimate of drug-likeness (QED) is 0.0250. The Hall–Kier alpha value is -5.09. The van der Waals surface area contributed by atoms with E-state index in [2.05, 4.69) is 169 Å². The normalized spacial score (nSPS) is 29.5. The average Bonchev–Trinajstić information content (AvgIpc) is 1.60. The third kappa shape index (κ3) is 30.5. The lowest BCUT2D eigenvalue weighted by molar-refractivity contribution is 0.0419. The van der Waals surface area contributed by atoms with Crippen LogP contribution in [0, 0.1) is 130 Å². The molecule has 7 saturated carbocycles. The van der Waals surface area contributed by atoms with Crippen molar-refractivity contribution in [3.8, 4) is 10.6 Å². The zero-order valence-corrected chi connectivity index (χ0v) is 83.6. The van der Waals surface area contributed by atoms with Gasteiger partial charge < -0.3 is 92.6 Å². The number of alkyl carbamates (subject to hydrolysis) is 1. The number of benzene rings is 1. The molecule has 0 radical (unpaired) electrons. The highest BCUT2D eigenvalue weighted by atomic mass is 127. The van der Waals surface area contributed by atoms with Gasteiger partial charge in [0.2, 0.25) is 5.95 Å². The number of nitrogens with zero attached hydrogens (tertiary/aromatic N) is 9. The van der Waals surface area contributed by atoms with Crippen LogP contribution in [-0.4, -0.2) is 247 Å². The first kappa shape index (κ1) is 108. The largest absolute Gasteiger partial charge is 0.444 e. The summed E-state index contributed by atoms with van der Waals surface area (Å²) in [7, 11) is 1.95. The highest BCUT2D eigenvalue weighted by molar-refractivity contribution is 14.1. The minimum Gasteiger partial charge on any atom is -0.444 e. The number of aromatic nitrogens is 9. The molecule has 1 saturated heterocycles. The van der Waals surface area contributed by atoms with Crippen LogP contribution >= 0.6 is 79.1 Å². The van der Waals surface area contributed by atoms with Crippen LogP contribution in [0.25, 0.3) is 20.8 Å². The number of aryl methyl sites for hydroxylation is 7. The maximum Gasteiger partial charge on any atom is 0.407 e. The Labute approximate surface area is 783 Å². The molecule has 16 N–H and O–H groups in total. The van der Waals surface area contributed by atoms with Crippen LogP contribution in [0.2, 0.25) is 0 Å². The second kappa shape index (κ2) is 51.5. The summed E-state index contributed by atoms with van der Waals surface area (Å²) in [6, 6.07) is 8.20. The Kier molecular flexibility index (Phi) is 44.7. The van der Waals surface area contributed by atoms with Crippen molar-refractivity contribution in [3.63, 3.8) is 0 Å². The molecular formula is C83H129I3N16O18S4. The fourth-order valence-electron chi connectivity index (χ4n) is 17.1. The molecule has 124 heavy (non-hydrogen) atoms. The van der Waals surface area contributed by atoms with Crippen LogP contribution < -0.4 is 37.2 Å². The van der Waals surface area contributed by atoms with Crippen LogP contribution in [0.15, 0.2) is 24.3 Å². The number of hydrogen-bond donors (Lipinski definition) is 16. The van der Waals surface area contributed by atoms with Crippen LogP contribution in [-0.2, 0) is 44.2 Å². The number of hydrogen-bond acceptors (Lipinski definition) is 34. The van der Waals surface area contributed by atoms with Gasteiger partial charge in [-0.1, -0.05) is 73.4 Å². The summed E-state index contributed by atoms with van der Waals surface area (Å²) in [4.78, 5) is 52.3. The smallest absolute Gasteiger partial charge is 0.407 e. The molecule has 14 rings (SSSR count). The molecular weight excluding hydrogens is 2020 g/mol. The number of para-hydroxylation sites is 1. The predicted molar refractivity (Wildman–Crippen MR) is 504 cm³/mol. The third-order valence-electron chi connectivity index (χ3n) is 24.8. The maximum absolute atomic E-state index is 11.6. The van der Waals surface area contributed by atoms with E-state index in [1.165, 1.54) is 12.8 Å². The molecule has 24 atom stereocenters. The molecule has 0 spiro atoms. The highest BCUT2D eigenvalue weighted by Gasteiger charge is 2.55. The van der Waals surface area contributed by atoms with Gasteiger partial charge in [0, 0.05) is 44.9 Å². The molecule has 5 aromatic heterocycles. The molecule has 6 aromatic rings. The topological polar surface area (TPSA) is 524 Å². The first-order valence-electron chi connectivity index (χ1n) is 42.2. The van der Waals surface area contributed by atoms with Crippen LogP contribution in [0.4, 0.5) is 34.0 Å². The van der Waals surface area contributed by atoms with E-state index in [9.17, 15) is 40.5 Å². The molecule has 8 fully saturated rings. The Morgan fingerprint density at radius 3 is 1.17 bits per heavy atom. The Bertz CT molecular complexity index is 4220. The number of epoxide rings is 1. The molecule has 694 valence electrons. The molecule has 8 aliphatic rings. The minimum absolute atomic E-state index is 0.0139. The van der Waals surface area contributed by atoms with Crippen molar-refractivity contribution >= 4 is 159 Å². The molecule has 34 nitrogen and oxygen atoms in total. The van der Waals surface area contributed by atoms with Gasteiger partial charge in [0.25, 0.3) is 0 Å². The number of aliphatic hydroxyl groups excluding tert-OH is 9. The number of fused-ring (bicyclic) bond motifs is 2. The van der Waals surface area contributed by atoms with Gasteiger partial charge in [-0.15, -0.1) is 11.3 Å². The number of carbonyl (C=O) groups excluding carboxylic acids is 1.